The van der Waals surface area contributed by atoms with Crippen LogP contribution in [0, 0.1) is 12.8 Å². The molecule has 0 heterocycles. The van der Waals surface area contributed by atoms with Crippen molar-refractivity contribution in [1.82, 2.24) is 5.32 Å². The fourth-order valence-electron chi connectivity index (χ4n) is 3.10. The fraction of sp³-hybridized carbons (Fsp3) is 0.625. The number of rotatable bonds is 4. The molecule has 0 radical (unpaired) electrons. The summed E-state index contributed by atoms with van der Waals surface area (Å²) in [5.41, 5.74) is 2.84. The van der Waals surface area contributed by atoms with Crippen LogP contribution in [0.5, 0.6) is 0 Å². The molecule has 1 aromatic carbocycles. The van der Waals surface area contributed by atoms with E-state index in [1.807, 2.05) is 0 Å². The first kappa shape index (κ1) is 13.9. The Kier molecular flexibility index (Phi) is 4.69. The minimum atomic E-state index is 0.156. The molecule has 0 aromatic heterocycles. The van der Waals surface area contributed by atoms with Gasteiger partial charge in [0.1, 0.15) is 0 Å². The topological polar surface area (TPSA) is 12.0 Å². The summed E-state index contributed by atoms with van der Waals surface area (Å²) in [5, 5.41) is 3.73. The van der Waals surface area contributed by atoms with Gasteiger partial charge in [0.05, 0.1) is 0 Å². The fourth-order valence-corrected chi connectivity index (χ4v) is 3.44. The van der Waals surface area contributed by atoms with Crippen molar-refractivity contribution in [3.8, 4) is 0 Å². The number of nitrogens with one attached hydrogen (secondary N) is 1. The molecule has 18 heavy (non-hydrogen) atoms. The average molecular weight is 266 g/mol. The Bertz CT molecular complexity index is 390. The van der Waals surface area contributed by atoms with Gasteiger partial charge in [0, 0.05) is 18.0 Å². The SMILES string of the molecule is Cc1cccc(CNC2(CCl)CCCC(C)C2)c1. The van der Waals surface area contributed by atoms with Gasteiger partial charge >= 0.3 is 0 Å². The second kappa shape index (κ2) is 6.08. The Hall–Kier alpha value is -0.530. The van der Waals surface area contributed by atoms with E-state index in [-0.39, 0.29) is 5.54 Å². The standard InChI is InChI=1S/C16H24ClN/c1-13-5-3-7-15(9-13)11-18-16(12-17)8-4-6-14(2)10-16/h3,5,7,9,14,18H,4,6,8,10-12H2,1-2H3. The van der Waals surface area contributed by atoms with Crippen molar-refractivity contribution in [2.45, 2.75) is 51.6 Å². The first-order chi connectivity index (χ1) is 8.63. The summed E-state index contributed by atoms with van der Waals surface area (Å²) in [6, 6.07) is 8.71. The molecular weight excluding hydrogens is 242 g/mol. The second-order valence-corrected chi connectivity index (χ2v) is 6.23. The summed E-state index contributed by atoms with van der Waals surface area (Å²) in [6.45, 7) is 5.42. The summed E-state index contributed by atoms with van der Waals surface area (Å²) in [6.07, 6.45) is 5.08. The number of benzene rings is 1. The maximum Gasteiger partial charge on any atom is 0.0406 e. The second-order valence-electron chi connectivity index (χ2n) is 5.96. The van der Waals surface area contributed by atoms with Crippen molar-refractivity contribution in [3.63, 3.8) is 0 Å². The minimum Gasteiger partial charge on any atom is -0.306 e. The van der Waals surface area contributed by atoms with Gasteiger partial charge < -0.3 is 5.32 Å². The van der Waals surface area contributed by atoms with Crippen molar-refractivity contribution < 1.29 is 0 Å². The van der Waals surface area contributed by atoms with E-state index >= 15 is 0 Å². The van der Waals surface area contributed by atoms with Gasteiger partial charge in [0.2, 0.25) is 0 Å². The van der Waals surface area contributed by atoms with E-state index < -0.39 is 0 Å². The molecule has 1 N–H and O–H groups in total. The Balaban J connectivity index is 1.98. The molecule has 2 unspecified atom stereocenters. The smallest absolute Gasteiger partial charge is 0.0406 e. The Morgan fingerprint density at radius 3 is 2.94 bits per heavy atom. The highest BCUT2D eigenvalue weighted by Gasteiger charge is 2.33. The normalized spacial score (nSPS) is 28.3. The molecule has 0 amide bonds. The van der Waals surface area contributed by atoms with Crippen LogP contribution in [0.1, 0.15) is 43.7 Å². The van der Waals surface area contributed by atoms with Crippen LogP contribution < -0.4 is 5.32 Å². The molecule has 0 spiro atoms. The quantitative estimate of drug-likeness (QED) is 0.802. The number of halogens is 1. The van der Waals surface area contributed by atoms with Crippen molar-refractivity contribution in [2.24, 2.45) is 5.92 Å². The molecule has 0 saturated heterocycles. The van der Waals surface area contributed by atoms with Crippen LogP contribution in [0.4, 0.5) is 0 Å². The van der Waals surface area contributed by atoms with Crippen molar-refractivity contribution >= 4 is 11.6 Å². The summed E-state index contributed by atoms with van der Waals surface area (Å²) >= 11 is 6.24. The largest absolute Gasteiger partial charge is 0.306 e. The summed E-state index contributed by atoms with van der Waals surface area (Å²) in [7, 11) is 0. The van der Waals surface area contributed by atoms with Gasteiger partial charge in [-0.25, -0.2) is 0 Å². The van der Waals surface area contributed by atoms with Gasteiger partial charge in [-0.3, -0.25) is 0 Å². The number of hydrogen-bond acceptors (Lipinski definition) is 1. The number of hydrogen-bond donors (Lipinski definition) is 1. The molecule has 2 atom stereocenters. The molecule has 1 saturated carbocycles. The lowest BCUT2D eigenvalue weighted by Gasteiger charge is -2.39. The van der Waals surface area contributed by atoms with Crippen molar-refractivity contribution in [1.29, 1.82) is 0 Å². The van der Waals surface area contributed by atoms with Gasteiger partial charge in [0.15, 0.2) is 0 Å². The third-order valence-electron chi connectivity index (χ3n) is 4.10. The van der Waals surface area contributed by atoms with Gasteiger partial charge in [0.25, 0.3) is 0 Å². The van der Waals surface area contributed by atoms with Crippen LogP contribution in [-0.4, -0.2) is 11.4 Å². The lowest BCUT2D eigenvalue weighted by atomic mass is 9.77. The number of aryl methyl sites for hydroxylation is 1. The van der Waals surface area contributed by atoms with E-state index in [2.05, 4.69) is 43.4 Å². The first-order valence-corrected chi connectivity index (χ1v) is 7.53. The predicted molar refractivity (Wildman–Crippen MR) is 79.1 cm³/mol. The van der Waals surface area contributed by atoms with Gasteiger partial charge in [-0.1, -0.05) is 49.6 Å². The zero-order valence-corrected chi connectivity index (χ0v) is 12.3. The molecule has 0 bridgehead atoms. The van der Waals surface area contributed by atoms with E-state index in [1.54, 1.807) is 0 Å². The minimum absolute atomic E-state index is 0.156. The van der Waals surface area contributed by atoms with Gasteiger partial charge in [-0.2, -0.15) is 0 Å². The summed E-state index contributed by atoms with van der Waals surface area (Å²) < 4.78 is 0. The predicted octanol–water partition coefficient (Wildman–Crippen LogP) is 4.27. The lowest BCUT2D eigenvalue weighted by Crippen LogP contribution is -2.49. The average Bonchev–Trinajstić information content (AvgIpc) is 2.37. The van der Waals surface area contributed by atoms with Crippen LogP contribution in [0.25, 0.3) is 0 Å². The Labute approximate surface area is 116 Å². The van der Waals surface area contributed by atoms with Crippen LogP contribution in [0.15, 0.2) is 24.3 Å². The van der Waals surface area contributed by atoms with E-state index in [4.69, 9.17) is 11.6 Å². The molecule has 1 fully saturated rings. The summed E-state index contributed by atoms with van der Waals surface area (Å²) in [5.74, 6) is 1.52. The van der Waals surface area contributed by atoms with E-state index in [1.165, 1.54) is 36.8 Å². The maximum absolute atomic E-state index is 6.24. The highest BCUT2D eigenvalue weighted by Crippen LogP contribution is 2.33. The molecule has 0 aliphatic heterocycles. The van der Waals surface area contributed by atoms with E-state index in [0.717, 1.165) is 18.3 Å². The lowest BCUT2D eigenvalue weighted by molar-refractivity contribution is 0.207. The molecule has 1 aliphatic rings. The van der Waals surface area contributed by atoms with Crippen LogP contribution in [-0.2, 0) is 6.54 Å². The molecule has 2 heteroatoms. The van der Waals surface area contributed by atoms with Crippen LogP contribution in [0.2, 0.25) is 0 Å². The zero-order chi connectivity index (χ0) is 13.0. The Morgan fingerprint density at radius 2 is 2.28 bits per heavy atom. The van der Waals surface area contributed by atoms with Crippen molar-refractivity contribution in [2.75, 3.05) is 5.88 Å². The van der Waals surface area contributed by atoms with Gasteiger partial charge in [-0.05, 0) is 31.2 Å². The van der Waals surface area contributed by atoms with Crippen molar-refractivity contribution in [3.05, 3.63) is 35.4 Å². The zero-order valence-electron chi connectivity index (χ0n) is 11.5. The third kappa shape index (κ3) is 3.49. The highest BCUT2D eigenvalue weighted by molar-refractivity contribution is 6.18. The molecule has 1 aliphatic carbocycles. The van der Waals surface area contributed by atoms with E-state index in [0.29, 0.717) is 0 Å². The van der Waals surface area contributed by atoms with Crippen LogP contribution >= 0.6 is 11.6 Å². The highest BCUT2D eigenvalue weighted by atomic mass is 35.5. The molecular formula is C16H24ClN. The summed E-state index contributed by atoms with van der Waals surface area (Å²) in [4.78, 5) is 0. The number of alkyl halides is 1. The maximum atomic E-state index is 6.24. The Morgan fingerprint density at radius 1 is 1.44 bits per heavy atom. The third-order valence-corrected chi connectivity index (χ3v) is 4.61. The molecule has 1 aromatic rings. The first-order valence-electron chi connectivity index (χ1n) is 7.00. The van der Waals surface area contributed by atoms with Gasteiger partial charge in [-0.15, -0.1) is 11.6 Å². The van der Waals surface area contributed by atoms with Crippen LogP contribution in [0.3, 0.4) is 0 Å². The molecule has 100 valence electrons. The molecule has 1 nitrogen and oxygen atoms in total. The van der Waals surface area contributed by atoms with E-state index in [9.17, 15) is 0 Å². The monoisotopic (exact) mass is 265 g/mol. The molecule has 2 rings (SSSR count).